The average Bonchev–Trinajstić information content (AvgIpc) is 2.48. The standard InChI is InChI=1S/C16H16Br2O2S/c17-13-5-1-11(2-6-13)15(19)9-21-10-16(20)12-3-7-14(18)8-4-12/h1-8,15-16,19-20H,9-10H2. The average molecular weight is 432 g/mol. The Morgan fingerprint density at radius 3 is 1.38 bits per heavy atom. The SMILES string of the molecule is OC(CSCC(O)c1ccc(Br)cc1)c1ccc(Br)cc1. The molecular weight excluding hydrogens is 416 g/mol. The highest BCUT2D eigenvalue weighted by Gasteiger charge is 2.11. The van der Waals surface area contributed by atoms with E-state index in [1.165, 1.54) is 0 Å². The van der Waals surface area contributed by atoms with Crippen LogP contribution in [0.5, 0.6) is 0 Å². The maximum atomic E-state index is 10.1. The molecule has 0 radical (unpaired) electrons. The van der Waals surface area contributed by atoms with Crippen molar-refractivity contribution in [2.45, 2.75) is 12.2 Å². The molecule has 112 valence electrons. The lowest BCUT2D eigenvalue weighted by Crippen LogP contribution is -2.05. The summed E-state index contributed by atoms with van der Waals surface area (Å²) in [6, 6.07) is 15.3. The van der Waals surface area contributed by atoms with Gasteiger partial charge in [-0.05, 0) is 35.4 Å². The van der Waals surface area contributed by atoms with Crippen LogP contribution in [0, 0.1) is 0 Å². The molecule has 0 heterocycles. The van der Waals surface area contributed by atoms with Crippen molar-refractivity contribution in [3.8, 4) is 0 Å². The second-order valence-corrected chi connectivity index (χ2v) is 7.58. The van der Waals surface area contributed by atoms with E-state index in [1.54, 1.807) is 11.8 Å². The zero-order chi connectivity index (χ0) is 15.2. The van der Waals surface area contributed by atoms with Crippen molar-refractivity contribution in [3.05, 3.63) is 68.6 Å². The molecule has 2 nitrogen and oxygen atoms in total. The second kappa shape index (κ2) is 8.34. The third kappa shape index (κ3) is 5.42. The third-order valence-corrected chi connectivity index (χ3v) is 5.22. The largest absolute Gasteiger partial charge is 0.388 e. The van der Waals surface area contributed by atoms with Gasteiger partial charge in [0.05, 0.1) is 12.2 Å². The molecule has 2 N–H and O–H groups in total. The van der Waals surface area contributed by atoms with Crippen molar-refractivity contribution in [2.24, 2.45) is 0 Å². The summed E-state index contributed by atoms with van der Waals surface area (Å²) in [6.45, 7) is 0. The van der Waals surface area contributed by atoms with Gasteiger partial charge in [-0.1, -0.05) is 56.1 Å². The Bertz CT molecular complexity index is 506. The molecule has 2 aromatic rings. The maximum absolute atomic E-state index is 10.1. The van der Waals surface area contributed by atoms with E-state index < -0.39 is 12.2 Å². The van der Waals surface area contributed by atoms with Gasteiger partial charge in [-0.25, -0.2) is 0 Å². The van der Waals surface area contributed by atoms with Gasteiger partial charge >= 0.3 is 0 Å². The van der Waals surface area contributed by atoms with Crippen molar-refractivity contribution < 1.29 is 10.2 Å². The van der Waals surface area contributed by atoms with Crippen LogP contribution in [0.15, 0.2) is 57.5 Å². The Labute approximate surface area is 145 Å². The Kier molecular flexibility index (Phi) is 6.76. The Hall–Kier alpha value is -0.330. The minimum absolute atomic E-state index is 0.514. The summed E-state index contributed by atoms with van der Waals surface area (Å²) in [7, 11) is 0. The van der Waals surface area contributed by atoms with Gasteiger partial charge in [-0.2, -0.15) is 11.8 Å². The molecule has 0 bridgehead atoms. The summed E-state index contributed by atoms with van der Waals surface area (Å²) in [6.07, 6.45) is -1.03. The molecule has 5 heteroatoms. The molecule has 0 saturated carbocycles. The predicted octanol–water partition coefficient (Wildman–Crippen LogP) is 4.71. The van der Waals surface area contributed by atoms with E-state index in [9.17, 15) is 10.2 Å². The number of halogens is 2. The van der Waals surface area contributed by atoms with Gasteiger partial charge in [0, 0.05) is 20.5 Å². The summed E-state index contributed by atoms with van der Waals surface area (Å²) in [5, 5.41) is 20.2. The highest BCUT2D eigenvalue weighted by Crippen LogP contribution is 2.24. The molecule has 0 amide bonds. The first-order chi connectivity index (χ1) is 10.1. The molecule has 0 aliphatic carbocycles. The fourth-order valence-corrected chi connectivity index (χ4v) is 3.35. The van der Waals surface area contributed by atoms with Gasteiger partial charge < -0.3 is 10.2 Å². The number of hydrogen-bond acceptors (Lipinski definition) is 3. The zero-order valence-electron chi connectivity index (χ0n) is 11.2. The lowest BCUT2D eigenvalue weighted by molar-refractivity contribution is 0.198. The maximum Gasteiger partial charge on any atom is 0.0880 e. The molecule has 0 aliphatic heterocycles. The third-order valence-electron chi connectivity index (χ3n) is 3.06. The number of hydrogen-bond donors (Lipinski definition) is 2. The van der Waals surface area contributed by atoms with E-state index in [0.717, 1.165) is 20.1 Å². The van der Waals surface area contributed by atoms with Gasteiger partial charge in [0.25, 0.3) is 0 Å². The number of rotatable bonds is 6. The van der Waals surface area contributed by atoms with Gasteiger partial charge in [-0.15, -0.1) is 0 Å². The van der Waals surface area contributed by atoms with Gasteiger partial charge in [0.2, 0.25) is 0 Å². The number of thioether (sulfide) groups is 1. The van der Waals surface area contributed by atoms with Crippen LogP contribution in [0.1, 0.15) is 23.3 Å². The van der Waals surface area contributed by atoms with Crippen LogP contribution in [0.4, 0.5) is 0 Å². The number of aliphatic hydroxyl groups excluding tert-OH is 2. The first-order valence-electron chi connectivity index (χ1n) is 6.51. The summed E-state index contributed by atoms with van der Waals surface area (Å²) in [5.74, 6) is 1.13. The second-order valence-electron chi connectivity index (χ2n) is 4.67. The van der Waals surface area contributed by atoms with Crippen molar-refractivity contribution >= 4 is 43.6 Å². The van der Waals surface area contributed by atoms with Crippen LogP contribution < -0.4 is 0 Å². The molecule has 2 aromatic carbocycles. The molecule has 21 heavy (non-hydrogen) atoms. The fourth-order valence-electron chi connectivity index (χ4n) is 1.85. The predicted molar refractivity (Wildman–Crippen MR) is 95.5 cm³/mol. The minimum Gasteiger partial charge on any atom is -0.388 e. The topological polar surface area (TPSA) is 40.5 Å². The first-order valence-corrected chi connectivity index (χ1v) is 9.25. The molecule has 2 atom stereocenters. The van der Waals surface area contributed by atoms with Crippen LogP contribution >= 0.6 is 43.6 Å². The Morgan fingerprint density at radius 1 is 0.714 bits per heavy atom. The summed E-state index contributed by atoms with van der Waals surface area (Å²) < 4.78 is 1.99. The van der Waals surface area contributed by atoms with E-state index in [4.69, 9.17) is 0 Å². The van der Waals surface area contributed by atoms with Crippen molar-refractivity contribution in [1.82, 2.24) is 0 Å². The first kappa shape index (κ1) is 17.0. The van der Waals surface area contributed by atoms with Crippen molar-refractivity contribution in [1.29, 1.82) is 0 Å². The van der Waals surface area contributed by atoms with Gasteiger partial charge in [0.15, 0.2) is 0 Å². The van der Waals surface area contributed by atoms with E-state index >= 15 is 0 Å². The van der Waals surface area contributed by atoms with E-state index in [2.05, 4.69) is 31.9 Å². The van der Waals surface area contributed by atoms with Gasteiger partial charge in [0.1, 0.15) is 0 Å². The monoisotopic (exact) mass is 430 g/mol. The molecule has 0 spiro atoms. The van der Waals surface area contributed by atoms with Crippen LogP contribution in [-0.2, 0) is 0 Å². The van der Waals surface area contributed by atoms with E-state index in [0.29, 0.717) is 11.5 Å². The summed E-state index contributed by atoms with van der Waals surface area (Å²) in [5.41, 5.74) is 1.78. The van der Waals surface area contributed by atoms with E-state index in [1.807, 2.05) is 48.5 Å². The van der Waals surface area contributed by atoms with Crippen molar-refractivity contribution in [3.63, 3.8) is 0 Å². The minimum atomic E-state index is -0.514. The quantitative estimate of drug-likeness (QED) is 0.695. The number of benzene rings is 2. The lowest BCUT2D eigenvalue weighted by atomic mass is 10.1. The number of aliphatic hydroxyl groups is 2. The van der Waals surface area contributed by atoms with Crippen LogP contribution in [0.3, 0.4) is 0 Å². The van der Waals surface area contributed by atoms with Crippen LogP contribution in [-0.4, -0.2) is 21.7 Å². The summed E-state index contributed by atoms with van der Waals surface area (Å²) >= 11 is 8.29. The van der Waals surface area contributed by atoms with Crippen LogP contribution in [0.25, 0.3) is 0 Å². The fraction of sp³-hybridized carbons (Fsp3) is 0.250. The molecule has 0 saturated heterocycles. The van der Waals surface area contributed by atoms with Crippen molar-refractivity contribution in [2.75, 3.05) is 11.5 Å². The van der Waals surface area contributed by atoms with E-state index in [-0.39, 0.29) is 0 Å². The normalized spacial score (nSPS) is 13.9. The summed E-state index contributed by atoms with van der Waals surface area (Å²) in [4.78, 5) is 0. The zero-order valence-corrected chi connectivity index (χ0v) is 15.2. The smallest absolute Gasteiger partial charge is 0.0880 e. The van der Waals surface area contributed by atoms with Crippen LogP contribution in [0.2, 0.25) is 0 Å². The molecule has 0 aromatic heterocycles. The highest BCUT2D eigenvalue weighted by molar-refractivity contribution is 9.10. The lowest BCUT2D eigenvalue weighted by Gasteiger charge is -2.14. The molecule has 0 fully saturated rings. The Morgan fingerprint density at radius 2 is 1.05 bits per heavy atom. The Balaban J connectivity index is 1.80. The molecule has 0 aliphatic rings. The van der Waals surface area contributed by atoms with Gasteiger partial charge in [-0.3, -0.25) is 0 Å². The molecule has 2 unspecified atom stereocenters. The highest BCUT2D eigenvalue weighted by atomic mass is 79.9. The molecule has 2 rings (SSSR count). The molecular formula is C16H16Br2O2S.